The highest BCUT2D eigenvalue weighted by Gasteiger charge is 2.32. The molecule has 1 unspecified atom stereocenters. The Morgan fingerprint density at radius 3 is 2.74 bits per heavy atom. The molecule has 5 rings (SSSR count). The average molecular weight is 474 g/mol. The second-order valence-electron chi connectivity index (χ2n) is 9.03. The molecule has 0 aliphatic carbocycles. The summed E-state index contributed by atoms with van der Waals surface area (Å²) in [5.41, 5.74) is 8.26. The lowest BCUT2D eigenvalue weighted by Gasteiger charge is -2.35. The first kappa shape index (κ1) is 22.8. The number of hydrogen-bond donors (Lipinski definition) is 2. The van der Waals surface area contributed by atoms with Crippen LogP contribution in [0.2, 0.25) is 0 Å². The number of nitrogens with two attached hydrogens (primary N) is 1. The number of primary amides is 1. The van der Waals surface area contributed by atoms with E-state index in [1.807, 2.05) is 24.3 Å². The van der Waals surface area contributed by atoms with Gasteiger partial charge in [0.25, 0.3) is 5.91 Å². The van der Waals surface area contributed by atoms with E-state index in [4.69, 9.17) is 5.73 Å². The van der Waals surface area contributed by atoms with Crippen molar-refractivity contribution in [3.63, 3.8) is 0 Å². The van der Waals surface area contributed by atoms with E-state index in [2.05, 4.69) is 21.8 Å². The Morgan fingerprint density at radius 2 is 2.00 bits per heavy atom. The second-order valence-corrected chi connectivity index (χ2v) is 9.03. The van der Waals surface area contributed by atoms with Crippen LogP contribution in [0.25, 0.3) is 21.8 Å². The van der Waals surface area contributed by atoms with Gasteiger partial charge in [-0.05, 0) is 49.6 Å². The number of amides is 2. The first-order valence-corrected chi connectivity index (χ1v) is 12.0. The zero-order chi connectivity index (χ0) is 24.5. The van der Waals surface area contributed by atoms with Crippen LogP contribution >= 0.6 is 0 Å². The molecule has 1 aliphatic rings. The minimum absolute atomic E-state index is 0.0351. The molecule has 1 fully saturated rings. The summed E-state index contributed by atoms with van der Waals surface area (Å²) in [6.45, 7) is 3.91. The molecule has 4 aromatic rings. The van der Waals surface area contributed by atoms with Crippen molar-refractivity contribution < 1.29 is 14.0 Å². The summed E-state index contributed by atoms with van der Waals surface area (Å²) in [4.78, 5) is 37.5. The van der Waals surface area contributed by atoms with E-state index in [1.54, 1.807) is 17.0 Å². The largest absolute Gasteiger partial charge is 0.365 e. The maximum Gasteiger partial charge on any atom is 0.252 e. The highest BCUT2D eigenvalue weighted by atomic mass is 19.1. The van der Waals surface area contributed by atoms with Gasteiger partial charge in [-0.15, -0.1) is 0 Å². The number of benzene rings is 2. The molecule has 7 nitrogen and oxygen atoms in total. The first-order valence-electron chi connectivity index (χ1n) is 12.0. The minimum atomic E-state index is -0.542. The molecular formula is C27H28FN5O2. The summed E-state index contributed by atoms with van der Waals surface area (Å²) in [7, 11) is 0. The number of carbonyl (C=O) groups excluding carboxylic acids is 2. The lowest BCUT2D eigenvalue weighted by molar-refractivity contribution is -0.123. The highest BCUT2D eigenvalue weighted by molar-refractivity contribution is 6.18. The normalized spacial score (nSPS) is 16.2. The molecule has 0 radical (unpaired) electrons. The Labute approximate surface area is 202 Å². The fourth-order valence-corrected chi connectivity index (χ4v) is 5.07. The molecule has 2 amide bonds. The predicted octanol–water partition coefficient (Wildman–Crippen LogP) is 4.61. The predicted molar refractivity (Wildman–Crippen MR) is 136 cm³/mol. The van der Waals surface area contributed by atoms with Crippen LogP contribution in [0.5, 0.6) is 0 Å². The minimum Gasteiger partial charge on any atom is -0.365 e. The molecule has 2 aromatic heterocycles. The van der Waals surface area contributed by atoms with Gasteiger partial charge in [-0.25, -0.2) is 9.37 Å². The lowest BCUT2D eigenvalue weighted by atomic mass is 9.95. The van der Waals surface area contributed by atoms with Gasteiger partial charge in [0.15, 0.2) is 0 Å². The van der Waals surface area contributed by atoms with E-state index >= 15 is 0 Å². The number of rotatable bonds is 7. The number of hydrogen-bond acceptors (Lipinski definition) is 4. The number of aromatic amines is 1. The maximum atomic E-state index is 13.5. The number of piperidine rings is 1. The molecule has 1 aliphatic heterocycles. The molecule has 3 N–H and O–H groups in total. The molecule has 0 saturated carbocycles. The lowest BCUT2D eigenvalue weighted by Crippen LogP contribution is -2.46. The van der Waals surface area contributed by atoms with Crippen LogP contribution < -0.4 is 15.5 Å². The maximum absolute atomic E-state index is 13.5. The molecule has 0 bridgehead atoms. The van der Waals surface area contributed by atoms with Gasteiger partial charge >= 0.3 is 0 Å². The van der Waals surface area contributed by atoms with Crippen LogP contribution in [0.3, 0.4) is 0 Å². The number of halogens is 1. The molecule has 0 spiro atoms. The number of H-pyrrole nitrogens is 1. The second kappa shape index (κ2) is 9.37. The standard InChI is InChI=1S/C27H28FN5O2/c1-2-13-32(16-17-6-5-14-33(27(17)35)19-11-9-18(28)10-12-19)26-23-20-7-3-4-8-22(20)31-24(23)21(15-30-26)25(29)34/h3-4,7-12,15,17,31H,2,5-6,13-14,16H2,1H3,(H2,29,34). The van der Waals surface area contributed by atoms with Gasteiger partial charge in [0.05, 0.1) is 22.4 Å². The molecule has 8 heteroatoms. The van der Waals surface area contributed by atoms with Gasteiger partial charge in [-0.1, -0.05) is 25.1 Å². The van der Waals surface area contributed by atoms with Crippen molar-refractivity contribution in [2.45, 2.75) is 26.2 Å². The fourth-order valence-electron chi connectivity index (χ4n) is 5.07. The van der Waals surface area contributed by atoms with Gasteiger partial charge < -0.3 is 20.5 Å². The van der Waals surface area contributed by atoms with Crippen molar-refractivity contribution in [2.75, 3.05) is 29.4 Å². The fraction of sp³-hybridized carbons (Fsp3) is 0.296. The van der Waals surface area contributed by atoms with Crippen LogP contribution in [0.4, 0.5) is 15.9 Å². The highest BCUT2D eigenvalue weighted by Crippen LogP contribution is 2.35. The van der Waals surface area contributed by atoms with Crippen molar-refractivity contribution in [1.82, 2.24) is 9.97 Å². The van der Waals surface area contributed by atoms with Gasteiger partial charge in [0, 0.05) is 42.4 Å². The Kier molecular flexibility index (Phi) is 6.11. The van der Waals surface area contributed by atoms with Crippen LogP contribution in [-0.2, 0) is 4.79 Å². The van der Waals surface area contributed by atoms with E-state index in [9.17, 15) is 14.0 Å². The SMILES string of the molecule is CCCN(CC1CCCN(c2ccc(F)cc2)C1=O)c1ncc(C(N)=O)c2[nH]c3ccccc3c12. The topological polar surface area (TPSA) is 95.3 Å². The number of fused-ring (bicyclic) bond motifs is 3. The number of nitrogens with zero attached hydrogens (tertiary/aromatic N) is 3. The molecule has 1 atom stereocenters. The number of anilines is 2. The van der Waals surface area contributed by atoms with Gasteiger partial charge in [0.2, 0.25) is 5.91 Å². The van der Waals surface area contributed by atoms with E-state index in [-0.39, 0.29) is 17.6 Å². The van der Waals surface area contributed by atoms with Crippen molar-refractivity contribution in [1.29, 1.82) is 0 Å². The number of nitrogens with one attached hydrogen (secondary N) is 1. The van der Waals surface area contributed by atoms with Crippen molar-refractivity contribution in [3.05, 3.63) is 66.1 Å². The summed E-state index contributed by atoms with van der Waals surface area (Å²) in [5, 5.41) is 1.79. The Morgan fingerprint density at radius 1 is 1.23 bits per heavy atom. The first-order chi connectivity index (χ1) is 17.0. The van der Waals surface area contributed by atoms with Gasteiger partial charge in [-0.2, -0.15) is 0 Å². The Bertz CT molecular complexity index is 1400. The number of aromatic nitrogens is 2. The molecule has 2 aromatic carbocycles. The number of para-hydroxylation sites is 1. The number of carbonyl (C=O) groups is 2. The molecule has 180 valence electrons. The molecule has 1 saturated heterocycles. The molecular weight excluding hydrogens is 445 g/mol. The van der Waals surface area contributed by atoms with Gasteiger partial charge in [-0.3, -0.25) is 9.59 Å². The summed E-state index contributed by atoms with van der Waals surface area (Å²) in [6, 6.07) is 13.9. The van der Waals surface area contributed by atoms with Crippen molar-refractivity contribution >= 4 is 45.1 Å². The third-order valence-corrected chi connectivity index (χ3v) is 6.70. The van der Waals surface area contributed by atoms with Crippen LogP contribution in [-0.4, -0.2) is 41.4 Å². The summed E-state index contributed by atoms with van der Waals surface area (Å²) >= 11 is 0. The zero-order valence-corrected chi connectivity index (χ0v) is 19.6. The quantitative estimate of drug-likeness (QED) is 0.410. The third-order valence-electron chi connectivity index (χ3n) is 6.70. The van der Waals surface area contributed by atoms with E-state index in [0.29, 0.717) is 36.4 Å². The van der Waals surface area contributed by atoms with Crippen molar-refractivity contribution in [2.24, 2.45) is 11.7 Å². The Balaban J connectivity index is 1.53. The summed E-state index contributed by atoms with van der Waals surface area (Å²) < 4.78 is 13.4. The molecule has 3 heterocycles. The van der Waals surface area contributed by atoms with E-state index < -0.39 is 5.91 Å². The summed E-state index contributed by atoms with van der Waals surface area (Å²) in [6.07, 6.45) is 4.02. The van der Waals surface area contributed by atoms with Crippen LogP contribution in [0.15, 0.2) is 54.7 Å². The summed E-state index contributed by atoms with van der Waals surface area (Å²) in [5.74, 6) is -0.320. The van der Waals surface area contributed by atoms with Crippen molar-refractivity contribution in [3.8, 4) is 0 Å². The van der Waals surface area contributed by atoms with Gasteiger partial charge in [0.1, 0.15) is 11.6 Å². The monoisotopic (exact) mass is 473 g/mol. The van der Waals surface area contributed by atoms with Crippen LogP contribution in [0.1, 0.15) is 36.5 Å². The van der Waals surface area contributed by atoms with Crippen LogP contribution in [0, 0.1) is 11.7 Å². The third kappa shape index (κ3) is 4.20. The van der Waals surface area contributed by atoms with E-state index in [0.717, 1.165) is 41.4 Å². The average Bonchev–Trinajstić information content (AvgIpc) is 3.24. The Hall–Kier alpha value is -3.94. The van der Waals surface area contributed by atoms with E-state index in [1.165, 1.54) is 18.3 Å². The number of pyridine rings is 1. The zero-order valence-electron chi connectivity index (χ0n) is 19.6. The molecule has 35 heavy (non-hydrogen) atoms. The smallest absolute Gasteiger partial charge is 0.252 e.